The summed E-state index contributed by atoms with van der Waals surface area (Å²) >= 11 is 0. The van der Waals surface area contributed by atoms with Crippen LogP contribution in [0.5, 0.6) is 0 Å². The first kappa shape index (κ1) is 17.2. The molecule has 0 saturated carbocycles. The Bertz CT molecular complexity index is 600. The molecule has 0 radical (unpaired) electrons. The van der Waals surface area contributed by atoms with Crippen molar-refractivity contribution in [3.63, 3.8) is 0 Å². The smallest absolute Gasteiger partial charge is 0.392 e. The lowest BCUT2D eigenvalue weighted by molar-refractivity contribution is -0.137. The van der Waals surface area contributed by atoms with Crippen LogP contribution in [0.4, 0.5) is 13.2 Å². The van der Waals surface area contributed by atoms with Crippen LogP contribution in [0.2, 0.25) is 0 Å². The van der Waals surface area contributed by atoms with Crippen molar-refractivity contribution >= 4 is 5.91 Å². The molecule has 3 rings (SSSR count). The van der Waals surface area contributed by atoms with Gasteiger partial charge in [-0.25, -0.2) is 0 Å². The van der Waals surface area contributed by atoms with Gasteiger partial charge in [0.15, 0.2) is 0 Å². The van der Waals surface area contributed by atoms with Crippen molar-refractivity contribution in [3.8, 4) is 0 Å². The van der Waals surface area contributed by atoms with Gasteiger partial charge < -0.3 is 10.0 Å². The van der Waals surface area contributed by atoms with Gasteiger partial charge in [0.05, 0.1) is 18.2 Å². The molecule has 1 N–H and O–H groups in total. The van der Waals surface area contributed by atoms with Crippen LogP contribution >= 0.6 is 0 Å². The number of alkyl halides is 3. The molecule has 2 saturated heterocycles. The number of aliphatic hydroxyl groups excluding tert-OH is 1. The molecule has 2 heterocycles. The standard InChI is InChI=1S/C17H21F3N2O2/c18-17(19,20)13-5-3-4-12(8-13)15-9-14(23)10-22(15)11-16(24)21-6-1-2-7-21/h3-5,8,14-15,23H,1-2,6-7,9-11H2/t14-,15+/m0/s1. The van der Waals surface area contributed by atoms with E-state index in [2.05, 4.69) is 0 Å². The fourth-order valence-electron chi connectivity index (χ4n) is 3.56. The van der Waals surface area contributed by atoms with Crippen LogP contribution in [0.1, 0.15) is 36.4 Å². The maximum absolute atomic E-state index is 12.9. The van der Waals surface area contributed by atoms with E-state index in [9.17, 15) is 23.1 Å². The summed E-state index contributed by atoms with van der Waals surface area (Å²) in [7, 11) is 0. The van der Waals surface area contributed by atoms with E-state index < -0.39 is 17.8 Å². The van der Waals surface area contributed by atoms with Crippen LogP contribution in [0.25, 0.3) is 0 Å². The molecule has 132 valence electrons. The number of carbonyl (C=O) groups excluding carboxylic acids is 1. The van der Waals surface area contributed by atoms with Crippen molar-refractivity contribution in [1.29, 1.82) is 0 Å². The predicted octanol–water partition coefficient (Wildman–Crippen LogP) is 2.44. The average Bonchev–Trinajstić information content (AvgIpc) is 3.16. The summed E-state index contributed by atoms with van der Waals surface area (Å²) in [6.07, 6.45) is -2.70. The number of amides is 1. The minimum absolute atomic E-state index is 0.0152. The molecular formula is C17H21F3N2O2. The second kappa shape index (κ2) is 6.72. The third kappa shape index (κ3) is 3.72. The summed E-state index contributed by atoms with van der Waals surface area (Å²) in [6, 6.07) is 4.80. The number of rotatable bonds is 3. The Balaban J connectivity index is 1.76. The van der Waals surface area contributed by atoms with Crippen LogP contribution in [-0.4, -0.2) is 53.1 Å². The highest BCUT2D eigenvalue weighted by atomic mass is 19.4. The Morgan fingerprint density at radius 2 is 1.96 bits per heavy atom. The second-order valence-electron chi connectivity index (χ2n) is 6.55. The average molecular weight is 342 g/mol. The number of hydrogen-bond acceptors (Lipinski definition) is 3. The largest absolute Gasteiger partial charge is 0.416 e. The van der Waals surface area contributed by atoms with Crippen molar-refractivity contribution < 1.29 is 23.1 Å². The predicted molar refractivity (Wildman–Crippen MR) is 82.2 cm³/mol. The van der Waals surface area contributed by atoms with E-state index in [0.717, 1.165) is 38.1 Å². The molecule has 2 aliphatic heterocycles. The van der Waals surface area contributed by atoms with E-state index in [0.29, 0.717) is 18.5 Å². The molecule has 1 amide bonds. The number of benzene rings is 1. The van der Waals surface area contributed by atoms with Gasteiger partial charge in [0.1, 0.15) is 0 Å². The molecule has 0 bridgehead atoms. The molecule has 0 aliphatic carbocycles. The third-order valence-electron chi connectivity index (χ3n) is 4.78. The lowest BCUT2D eigenvalue weighted by atomic mass is 10.0. The minimum atomic E-state index is -4.40. The van der Waals surface area contributed by atoms with Gasteiger partial charge in [-0.1, -0.05) is 12.1 Å². The van der Waals surface area contributed by atoms with Crippen LogP contribution in [0.15, 0.2) is 24.3 Å². The zero-order valence-corrected chi connectivity index (χ0v) is 13.3. The van der Waals surface area contributed by atoms with Gasteiger partial charge in [-0.2, -0.15) is 13.2 Å². The molecule has 2 aliphatic rings. The number of hydrogen-bond donors (Lipinski definition) is 1. The summed E-state index contributed by atoms with van der Waals surface area (Å²) in [5, 5.41) is 9.95. The third-order valence-corrected chi connectivity index (χ3v) is 4.78. The first-order valence-electron chi connectivity index (χ1n) is 8.21. The van der Waals surface area contributed by atoms with Crippen LogP contribution in [-0.2, 0) is 11.0 Å². The summed E-state index contributed by atoms with van der Waals surface area (Å²) in [6.45, 7) is 1.92. The number of β-amino-alcohol motifs (C(OH)–C–C–N with tert-alkyl or cyclic N) is 1. The fraction of sp³-hybridized carbons (Fsp3) is 0.588. The van der Waals surface area contributed by atoms with Crippen molar-refractivity contribution in [2.75, 3.05) is 26.2 Å². The van der Waals surface area contributed by atoms with Crippen LogP contribution in [0.3, 0.4) is 0 Å². The summed E-state index contributed by atoms with van der Waals surface area (Å²) in [5.74, 6) is -0.0152. The zero-order chi connectivity index (χ0) is 17.3. The van der Waals surface area contributed by atoms with E-state index in [1.807, 2.05) is 0 Å². The van der Waals surface area contributed by atoms with Crippen LogP contribution < -0.4 is 0 Å². The van der Waals surface area contributed by atoms with Crippen molar-refractivity contribution in [1.82, 2.24) is 9.80 Å². The Labute approximate surface area is 138 Å². The molecule has 1 aromatic rings. The topological polar surface area (TPSA) is 43.8 Å². The van der Waals surface area contributed by atoms with E-state index in [1.165, 1.54) is 6.07 Å². The lowest BCUT2D eigenvalue weighted by Crippen LogP contribution is -2.39. The number of nitrogens with zero attached hydrogens (tertiary/aromatic N) is 2. The maximum Gasteiger partial charge on any atom is 0.416 e. The van der Waals surface area contributed by atoms with Gasteiger partial charge in [0, 0.05) is 25.7 Å². The normalized spacial score (nSPS) is 25.4. The second-order valence-corrected chi connectivity index (χ2v) is 6.55. The maximum atomic E-state index is 12.9. The van der Waals surface area contributed by atoms with Crippen molar-refractivity contribution in [3.05, 3.63) is 35.4 Å². The molecule has 0 unspecified atom stereocenters. The molecule has 1 aromatic carbocycles. The van der Waals surface area contributed by atoms with Gasteiger partial charge in [0.25, 0.3) is 0 Å². The molecule has 4 nitrogen and oxygen atoms in total. The lowest BCUT2D eigenvalue weighted by Gasteiger charge is -2.26. The van der Waals surface area contributed by atoms with E-state index in [1.54, 1.807) is 15.9 Å². The van der Waals surface area contributed by atoms with E-state index in [4.69, 9.17) is 0 Å². The summed E-state index contributed by atoms with van der Waals surface area (Å²) in [4.78, 5) is 15.9. The highest BCUT2D eigenvalue weighted by Crippen LogP contribution is 2.36. The van der Waals surface area contributed by atoms with Gasteiger partial charge >= 0.3 is 6.18 Å². The summed E-state index contributed by atoms with van der Waals surface area (Å²) < 4.78 is 38.8. The van der Waals surface area contributed by atoms with Crippen molar-refractivity contribution in [2.45, 2.75) is 37.6 Å². The molecule has 7 heteroatoms. The minimum Gasteiger partial charge on any atom is -0.392 e. The monoisotopic (exact) mass is 342 g/mol. The van der Waals surface area contributed by atoms with Gasteiger partial charge in [-0.15, -0.1) is 0 Å². The molecular weight excluding hydrogens is 321 g/mol. The number of carbonyl (C=O) groups is 1. The molecule has 2 atom stereocenters. The highest BCUT2D eigenvalue weighted by molar-refractivity contribution is 5.78. The molecule has 2 fully saturated rings. The SMILES string of the molecule is O=C(CN1C[C@@H](O)C[C@@H]1c1cccc(C(F)(F)F)c1)N1CCCC1. The zero-order valence-electron chi connectivity index (χ0n) is 13.3. The summed E-state index contributed by atoms with van der Waals surface area (Å²) in [5.41, 5.74) is -0.206. The Morgan fingerprint density at radius 3 is 2.62 bits per heavy atom. The van der Waals surface area contributed by atoms with Crippen molar-refractivity contribution in [2.24, 2.45) is 0 Å². The quantitative estimate of drug-likeness (QED) is 0.918. The number of halogens is 3. The highest BCUT2D eigenvalue weighted by Gasteiger charge is 2.36. The van der Waals surface area contributed by atoms with Gasteiger partial charge in [-0.3, -0.25) is 9.69 Å². The van der Waals surface area contributed by atoms with E-state index >= 15 is 0 Å². The van der Waals surface area contributed by atoms with Gasteiger partial charge in [-0.05, 0) is 37.0 Å². The Morgan fingerprint density at radius 1 is 1.25 bits per heavy atom. The molecule has 24 heavy (non-hydrogen) atoms. The Hall–Kier alpha value is -1.60. The first-order chi connectivity index (χ1) is 11.3. The van der Waals surface area contributed by atoms with Gasteiger partial charge in [0.2, 0.25) is 5.91 Å². The first-order valence-corrected chi connectivity index (χ1v) is 8.21. The Kier molecular flexibility index (Phi) is 4.83. The number of likely N-dealkylation sites (tertiary alicyclic amines) is 2. The van der Waals surface area contributed by atoms with E-state index in [-0.39, 0.29) is 18.5 Å². The number of aliphatic hydroxyl groups is 1. The fourth-order valence-corrected chi connectivity index (χ4v) is 3.56. The molecule has 0 spiro atoms. The van der Waals surface area contributed by atoms with Crippen LogP contribution in [0, 0.1) is 0 Å². The molecule has 0 aromatic heterocycles.